The number of ether oxygens (including phenoxy) is 2. The molecule has 1 aliphatic carbocycles. The fourth-order valence-electron chi connectivity index (χ4n) is 3.65. The fourth-order valence-corrected chi connectivity index (χ4v) is 3.65. The first-order valence-electron chi connectivity index (χ1n) is 8.04. The van der Waals surface area contributed by atoms with Crippen LogP contribution in [0.15, 0.2) is 18.2 Å². The topological polar surface area (TPSA) is 56.5 Å². The van der Waals surface area contributed by atoms with Crippen LogP contribution >= 0.6 is 0 Å². The normalized spacial score (nSPS) is 30.0. The summed E-state index contributed by atoms with van der Waals surface area (Å²) >= 11 is 0. The average molecular weight is 290 g/mol. The molecule has 1 aromatic carbocycles. The third-order valence-corrected chi connectivity index (χ3v) is 5.22. The van der Waals surface area contributed by atoms with E-state index in [0.717, 1.165) is 23.3 Å². The second kappa shape index (κ2) is 6.24. The van der Waals surface area contributed by atoms with Gasteiger partial charge in [0, 0.05) is 6.04 Å². The highest BCUT2D eigenvalue weighted by Crippen LogP contribution is 2.41. The minimum absolute atomic E-state index is 0.191. The predicted octanol–water partition coefficient (Wildman–Crippen LogP) is 3.03. The van der Waals surface area contributed by atoms with E-state index in [1.807, 2.05) is 6.07 Å². The van der Waals surface area contributed by atoms with Crippen molar-refractivity contribution in [1.82, 2.24) is 5.43 Å². The molecule has 116 valence electrons. The first kappa shape index (κ1) is 14.7. The van der Waals surface area contributed by atoms with Gasteiger partial charge in [-0.15, -0.1) is 0 Å². The minimum atomic E-state index is 0.191. The van der Waals surface area contributed by atoms with Gasteiger partial charge in [0.2, 0.25) is 0 Å². The first-order chi connectivity index (χ1) is 10.2. The molecular formula is C17H26N2O2. The molecule has 2 aliphatic rings. The zero-order valence-corrected chi connectivity index (χ0v) is 13.0. The lowest BCUT2D eigenvalue weighted by molar-refractivity contribution is 0.165. The van der Waals surface area contributed by atoms with E-state index in [0.29, 0.717) is 19.1 Å². The molecule has 0 spiro atoms. The van der Waals surface area contributed by atoms with E-state index in [1.165, 1.54) is 24.8 Å². The summed E-state index contributed by atoms with van der Waals surface area (Å²) in [6.07, 6.45) is 3.74. The van der Waals surface area contributed by atoms with Gasteiger partial charge in [-0.05, 0) is 48.3 Å². The van der Waals surface area contributed by atoms with Crippen molar-refractivity contribution >= 4 is 0 Å². The third kappa shape index (κ3) is 3.01. The van der Waals surface area contributed by atoms with Gasteiger partial charge in [0.1, 0.15) is 13.2 Å². The SMILES string of the molecule is CC1CCC(C(NN)c2ccc3c(c2)OCCO3)CC1C. The van der Waals surface area contributed by atoms with Gasteiger partial charge in [-0.1, -0.05) is 26.3 Å². The van der Waals surface area contributed by atoms with E-state index in [1.54, 1.807) is 0 Å². The molecule has 0 amide bonds. The molecule has 1 aromatic rings. The number of hydrogen-bond acceptors (Lipinski definition) is 4. The molecule has 1 aliphatic heterocycles. The maximum absolute atomic E-state index is 5.87. The van der Waals surface area contributed by atoms with Crippen molar-refractivity contribution in [1.29, 1.82) is 0 Å². The number of fused-ring (bicyclic) bond motifs is 1. The summed E-state index contributed by atoms with van der Waals surface area (Å²) in [6, 6.07) is 6.39. The molecule has 4 nitrogen and oxygen atoms in total. The van der Waals surface area contributed by atoms with Crippen molar-refractivity contribution in [2.75, 3.05) is 13.2 Å². The standard InChI is InChI=1S/C17H26N2O2/c1-11-3-4-13(9-12(11)2)17(19-18)14-5-6-15-16(10-14)21-8-7-20-15/h5-6,10-13,17,19H,3-4,7-9,18H2,1-2H3. The molecule has 0 bridgehead atoms. The van der Waals surface area contributed by atoms with Gasteiger partial charge in [-0.3, -0.25) is 11.3 Å². The smallest absolute Gasteiger partial charge is 0.161 e. The van der Waals surface area contributed by atoms with Crippen LogP contribution in [0, 0.1) is 17.8 Å². The van der Waals surface area contributed by atoms with Crippen LogP contribution in [0.1, 0.15) is 44.7 Å². The third-order valence-electron chi connectivity index (χ3n) is 5.22. The molecule has 3 N–H and O–H groups in total. The Morgan fingerprint density at radius 2 is 1.86 bits per heavy atom. The molecular weight excluding hydrogens is 264 g/mol. The molecule has 0 saturated heterocycles. The maximum Gasteiger partial charge on any atom is 0.161 e. The monoisotopic (exact) mass is 290 g/mol. The van der Waals surface area contributed by atoms with Crippen LogP contribution in [-0.2, 0) is 0 Å². The van der Waals surface area contributed by atoms with Crippen LogP contribution in [0.5, 0.6) is 11.5 Å². The Morgan fingerprint density at radius 1 is 1.10 bits per heavy atom. The largest absolute Gasteiger partial charge is 0.486 e. The lowest BCUT2D eigenvalue weighted by Gasteiger charge is -2.37. The Bertz CT molecular complexity index is 492. The Morgan fingerprint density at radius 3 is 2.57 bits per heavy atom. The van der Waals surface area contributed by atoms with Gasteiger partial charge in [-0.25, -0.2) is 0 Å². The lowest BCUT2D eigenvalue weighted by Crippen LogP contribution is -2.37. The van der Waals surface area contributed by atoms with Crippen molar-refractivity contribution < 1.29 is 9.47 Å². The second-order valence-corrected chi connectivity index (χ2v) is 6.58. The van der Waals surface area contributed by atoms with E-state index in [2.05, 4.69) is 31.4 Å². The number of hydrogen-bond donors (Lipinski definition) is 2. The van der Waals surface area contributed by atoms with E-state index in [4.69, 9.17) is 15.3 Å². The Kier molecular flexibility index (Phi) is 4.36. The Balaban J connectivity index is 1.79. The number of benzene rings is 1. The Hall–Kier alpha value is -1.26. The summed E-state index contributed by atoms with van der Waals surface area (Å²) in [6.45, 7) is 5.96. The highest BCUT2D eigenvalue weighted by molar-refractivity contribution is 5.44. The molecule has 4 atom stereocenters. The Labute approximate surface area is 127 Å². The molecule has 0 radical (unpaired) electrons. The summed E-state index contributed by atoms with van der Waals surface area (Å²) in [5.41, 5.74) is 4.24. The molecule has 4 unspecified atom stereocenters. The van der Waals surface area contributed by atoms with Crippen molar-refractivity contribution in [3.63, 3.8) is 0 Å². The van der Waals surface area contributed by atoms with Crippen LogP contribution in [-0.4, -0.2) is 13.2 Å². The quantitative estimate of drug-likeness (QED) is 0.663. The molecule has 3 rings (SSSR count). The minimum Gasteiger partial charge on any atom is -0.486 e. The summed E-state index contributed by atoms with van der Waals surface area (Å²) < 4.78 is 11.3. The number of hydrazine groups is 1. The highest BCUT2D eigenvalue weighted by Gasteiger charge is 2.31. The fraction of sp³-hybridized carbons (Fsp3) is 0.647. The lowest BCUT2D eigenvalue weighted by atomic mass is 9.72. The number of nitrogens with one attached hydrogen (secondary N) is 1. The molecule has 21 heavy (non-hydrogen) atoms. The average Bonchev–Trinajstić information content (AvgIpc) is 2.51. The highest BCUT2D eigenvalue weighted by atomic mass is 16.6. The van der Waals surface area contributed by atoms with E-state index in [-0.39, 0.29) is 6.04 Å². The van der Waals surface area contributed by atoms with Crippen molar-refractivity contribution in [3.8, 4) is 11.5 Å². The van der Waals surface area contributed by atoms with Crippen LogP contribution in [0.3, 0.4) is 0 Å². The van der Waals surface area contributed by atoms with Gasteiger partial charge in [0.15, 0.2) is 11.5 Å². The van der Waals surface area contributed by atoms with Gasteiger partial charge < -0.3 is 9.47 Å². The van der Waals surface area contributed by atoms with E-state index in [9.17, 15) is 0 Å². The van der Waals surface area contributed by atoms with E-state index >= 15 is 0 Å². The van der Waals surface area contributed by atoms with Crippen molar-refractivity contribution in [2.45, 2.75) is 39.2 Å². The zero-order valence-electron chi connectivity index (χ0n) is 13.0. The zero-order chi connectivity index (χ0) is 14.8. The summed E-state index contributed by atoms with van der Waals surface area (Å²) in [5, 5.41) is 0. The van der Waals surface area contributed by atoms with Crippen molar-refractivity contribution in [3.05, 3.63) is 23.8 Å². The molecule has 0 aromatic heterocycles. The van der Waals surface area contributed by atoms with Crippen molar-refractivity contribution in [2.24, 2.45) is 23.6 Å². The van der Waals surface area contributed by atoms with E-state index < -0.39 is 0 Å². The number of rotatable bonds is 3. The number of nitrogens with two attached hydrogens (primary N) is 1. The molecule has 1 saturated carbocycles. The van der Waals surface area contributed by atoms with Crippen LogP contribution in [0.25, 0.3) is 0 Å². The van der Waals surface area contributed by atoms with Gasteiger partial charge >= 0.3 is 0 Å². The molecule has 1 heterocycles. The maximum atomic E-state index is 5.87. The molecule has 4 heteroatoms. The summed E-state index contributed by atoms with van der Waals surface area (Å²) in [5.74, 6) is 9.72. The molecule has 1 fully saturated rings. The van der Waals surface area contributed by atoms with Crippen LogP contribution in [0.2, 0.25) is 0 Å². The van der Waals surface area contributed by atoms with Gasteiger partial charge in [0.25, 0.3) is 0 Å². The summed E-state index contributed by atoms with van der Waals surface area (Å²) in [7, 11) is 0. The second-order valence-electron chi connectivity index (χ2n) is 6.58. The van der Waals surface area contributed by atoms with Gasteiger partial charge in [-0.2, -0.15) is 0 Å². The summed E-state index contributed by atoms with van der Waals surface area (Å²) in [4.78, 5) is 0. The predicted molar refractivity (Wildman–Crippen MR) is 83.2 cm³/mol. The van der Waals surface area contributed by atoms with Gasteiger partial charge in [0.05, 0.1) is 0 Å². The van der Waals surface area contributed by atoms with Crippen LogP contribution < -0.4 is 20.7 Å². The van der Waals surface area contributed by atoms with Crippen LogP contribution in [0.4, 0.5) is 0 Å². The first-order valence-corrected chi connectivity index (χ1v) is 8.04.